The zero-order valence-corrected chi connectivity index (χ0v) is 5.86. The number of hydrogen-bond acceptors (Lipinski definition) is 2. The Hall–Kier alpha value is 0.690. The molecule has 0 saturated carbocycles. The van der Waals surface area contributed by atoms with Crippen molar-refractivity contribution in [2.45, 2.75) is 0 Å². The summed E-state index contributed by atoms with van der Waals surface area (Å²) < 4.78 is 17.0. The Morgan fingerprint density at radius 3 is 1.33 bits per heavy atom. The van der Waals surface area contributed by atoms with E-state index in [2.05, 4.69) is 0 Å². The van der Waals surface area contributed by atoms with Crippen LogP contribution in [0.15, 0.2) is 0 Å². The minimum atomic E-state index is -3.13. The van der Waals surface area contributed by atoms with Crippen LogP contribution >= 0.6 is 8.25 Å². The average molecular weight is 191 g/mol. The fourth-order valence-electron chi connectivity index (χ4n) is 0. The summed E-state index contributed by atoms with van der Waals surface area (Å²) in [5.41, 5.74) is 0. The molecule has 0 aliphatic carbocycles. The van der Waals surface area contributed by atoms with E-state index >= 15 is 0 Å². The minimum absolute atomic E-state index is 0.500. The van der Waals surface area contributed by atoms with Crippen molar-refractivity contribution >= 4 is 8.25 Å². The van der Waals surface area contributed by atoms with E-state index in [0.29, 0.717) is 21.0 Å². The van der Waals surface area contributed by atoms with E-state index in [9.17, 15) is 0 Å². The van der Waals surface area contributed by atoms with E-state index < -0.39 is 8.25 Å². The molecule has 37 valence electrons. The topological polar surface area (TPSA) is 74.6 Å². The first-order chi connectivity index (χ1) is 2.73. The second-order valence-corrected chi connectivity index (χ2v) is 0.848. The molecule has 6 heteroatoms. The first-order valence-corrected chi connectivity index (χ1v) is 3.03. The quantitative estimate of drug-likeness (QED) is 0.389. The van der Waals surface area contributed by atoms with Gasteiger partial charge in [-0.05, 0) is 0 Å². The molecule has 0 amide bonds. The van der Waals surface area contributed by atoms with Gasteiger partial charge in [0.1, 0.15) is 0 Å². The second kappa shape index (κ2) is 9.19. The molecule has 4 nitrogen and oxygen atoms in total. The van der Waals surface area contributed by atoms with Gasteiger partial charge in [0.25, 0.3) is 0 Å². The van der Waals surface area contributed by atoms with Gasteiger partial charge < -0.3 is 9.79 Å². The Labute approximate surface area is 47.4 Å². The monoisotopic (exact) mass is 191 g/mol. The second-order valence-electron chi connectivity index (χ2n) is 0.283. The molecule has 0 aliphatic heterocycles. The molecule has 0 fully saturated rings. The van der Waals surface area contributed by atoms with Crippen LogP contribution in [-0.2, 0) is 28.9 Å². The normalized spacial score (nSPS) is 6.33. The van der Waals surface area contributed by atoms with Crippen molar-refractivity contribution in [1.29, 1.82) is 0 Å². The van der Waals surface area contributed by atoms with Gasteiger partial charge in [-0.25, -0.2) is 0 Å². The Bertz CT molecular complexity index is 38.8. The van der Waals surface area contributed by atoms with E-state index in [1.165, 1.54) is 0 Å². The summed E-state index contributed by atoms with van der Waals surface area (Å²) >= 11 is 0.500. The van der Waals surface area contributed by atoms with E-state index in [0.717, 1.165) is 0 Å². The van der Waals surface area contributed by atoms with Gasteiger partial charge in [-0.15, -0.1) is 0 Å². The molecule has 0 bridgehead atoms. The van der Waals surface area contributed by atoms with Gasteiger partial charge in [0, 0.05) is 0 Å². The van der Waals surface area contributed by atoms with Gasteiger partial charge in [0.15, 0.2) is 0 Å². The average Bonchev–Trinajstić information content (AvgIpc) is 1.41. The summed E-state index contributed by atoms with van der Waals surface area (Å²) in [5.74, 6) is 0. The van der Waals surface area contributed by atoms with Gasteiger partial charge in [-0.2, -0.15) is 0 Å². The third-order valence-corrected chi connectivity index (χ3v) is 0. The standard InChI is InChI=1S/Nb.H3O3P.O/c;1-4(2)3;/h;4H,(H2,1,2,3);. The van der Waals surface area contributed by atoms with E-state index in [1.807, 2.05) is 0 Å². The fraction of sp³-hybridized carbons (Fsp3) is 0. The Kier molecular flexibility index (Phi) is 15.1. The van der Waals surface area contributed by atoms with Crippen molar-refractivity contribution in [1.82, 2.24) is 0 Å². The predicted molar refractivity (Wildman–Crippen MR) is 14.1 cm³/mol. The SMILES string of the molecule is O=[PH](O)O.[O]=[Nb]. The van der Waals surface area contributed by atoms with Crippen molar-refractivity contribution in [2.24, 2.45) is 0 Å². The number of rotatable bonds is 0. The van der Waals surface area contributed by atoms with E-state index in [4.69, 9.17) is 17.6 Å². The molecule has 0 radical (unpaired) electrons. The van der Waals surface area contributed by atoms with Crippen molar-refractivity contribution in [2.75, 3.05) is 0 Å². The van der Waals surface area contributed by atoms with Crippen LogP contribution in [0.1, 0.15) is 0 Å². The van der Waals surface area contributed by atoms with Gasteiger partial charge in [0.2, 0.25) is 0 Å². The molecule has 0 unspecified atom stereocenters. The fourth-order valence-corrected chi connectivity index (χ4v) is 0. The van der Waals surface area contributed by atoms with Gasteiger partial charge in [-0.3, -0.25) is 4.57 Å². The molecule has 0 aromatic rings. The van der Waals surface area contributed by atoms with Crippen molar-refractivity contribution < 1.29 is 38.6 Å². The summed E-state index contributed by atoms with van der Waals surface area (Å²) in [6.45, 7) is 0. The van der Waals surface area contributed by atoms with Crippen molar-refractivity contribution in [3.63, 3.8) is 0 Å². The maximum atomic E-state index is 8.74. The molecule has 0 heterocycles. The van der Waals surface area contributed by atoms with Crippen LogP contribution in [-0.4, -0.2) is 9.79 Å². The van der Waals surface area contributed by atoms with Gasteiger partial charge in [-0.1, -0.05) is 0 Å². The van der Waals surface area contributed by atoms with Crippen LogP contribution in [0.4, 0.5) is 0 Å². The van der Waals surface area contributed by atoms with Crippen molar-refractivity contribution in [3.8, 4) is 0 Å². The van der Waals surface area contributed by atoms with Crippen molar-refractivity contribution in [3.05, 3.63) is 0 Å². The summed E-state index contributed by atoms with van der Waals surface area (Å²) in [6, 6.07) is 0. The molecule has 0 rings (SSSR count). The molecule has 0 aliphatic rings. The third-order valence-electron chi connectivity index (χ3n) is 0. The molecule has 0 aromatic carbocycles. The predicted octanol–water partition coefficient (Wildman–Crippen LogP) is -0.761. The first kappa shape index (κ1) is 9.85. The summed E-state index contributed by atoms with van der Waals surface area (Å²) in [4.78, 5) is 14.3. The molecule has 6 heavy (non-hydrogen) atoms. The van der Waals surface area contributed by atoms with E-state index in [1.54, 1.807) is 0 Å². The molecular formula is H3NbO4P. The van der Waals surface area contributed by atoms with Gasteiger partial charge >= 0.3 is 32.5 Å². The summed E-state index contributed by atoms with van der Waals surface area (Å²) in [7, 11) is -3.13. The Morgan fingerprint density at radius 2 is 1.33 bits per heavy atom. The van der Waals surface area contributed by atoms with Crippen LogP contribution in [0.3, 0.4) is 0 Å². The zero-order valence-electron chi connectivity index (χ0n) is 2.66. The Morgan fingerprint density at radius 1 is 1.33 bits per heavy atom. The molecule has 2 N–H and O–H groups in total. The van der Waals surface area contributed by atoms with Crippen LogP contribution in [0, 0.1) is 0 Å². The Balaban J connectivity index is 0. The van der Waals surface area contributed by atoms with E-state index in [-0.39, 0.29) is 0 Å². The van der Waals surface area contributed by atoms with Crippen LogP contribution in [0.25, 0.3) is 0 Å². The molecule has 0 atom stereocenters. The molecular weight excluding hydrogens is 188 g/mol. The molecule has 0 aromatic heterocycles. The summed E-state index contributed by atoms with van der Waals surface area (Å²) in [5, 5.41) is 0. The van der Waals surface area contributed by atoms with Crippen LogP contribution in [0.5, 0.6) is 0 Å². The van der Waals surface area contributed by atoms with Crippen LogP contribution in [0.2, 0.25) is 0 Å². The van der Waals surface area contributed by atoms with Crippen LogP contribution < -0.4 is 0 Å². The molecule has 0 spiro atoms. The first-order valence-electron chi connectivity index (χ1n) is 0.834. The van der Waals surface area contributed by atoms with Gasteiger partial charge in [0.05, 0.1) is 0 Å². The zero-order chi connectivity index (χ0) is 5.58. The molecule has 0 saturated heterocycles. The summed E-state index contributed by atoms with van der Waals surface area (Å²) in [6.07, 6.45) is 0. The maximum absolute atomic E-state index is 8.74. The number of hydrogen-bond donors (Lipinski definition) is 2. The third kappa shape index (κ3) is 134.